The van der Waals surface area contributed by atoms with E-state index in [-0.39, 0.29) is 12.1 Å². The maximum absolute atomic E-state index is 11.8. The summed E-state index contributed by atoms with van der Waals surface area (Å²) in [4.78, 5) is 16.0. The highest BCUT2D eigenvalue weighted by molar-refractivity contribution is 7.99. The fraction of sp³-hybridized carbons (Fsp3) is 0.706. The van der Waals surface area contributed by atoms with Crippen LogP contribution >= 0.6 is 23.5 Å². The van der Waals surface area contributed by atoms with Crippen molar-refractivity contribution in [2.75, 3.05) is 39.0 Å². The first kappa shape index (κ1) is 18.7. The zero-order valence-corrected chi connectivity index (χ0v) is 16.6. The third kappa shape index (κ3) is 4.74. The maximum atomic E-state index is 11.8. The van der Waals surface area contributed by atoms with E-state index in [1.54, 1.807) is 11.8 Å². The van der Waals surface area contributed by atoms with Crippen LogP contribution in [0.2, 0.25) is 0 Å². The van der Waals surface area contributed by atoms with Crippen LogP contribution in [0.1, 0.15) is 38.3 Å². The quantitative estimate of drug-likeness (QED) is 0.508. The molecule has 3 rings (SSSR count). The van der Waals surface area contributed by atoms with Gasteiger partial charge in [0.15, 0.2) is 0 Å². The number of aromatic nitrogens is 2. The van der Waals surface area contributed by atoms with Crippen LogP contribution in [0.15, 0.2) is 11.1 Å². The number of hydrogen-bond donors (Lipinski definition) is 0. The summed E-state index contributed by atoms with van der Waals surface area (Å²) in [6, 6.07) is 0.252. The monoisotopic (exact) mass is 382 g/mol. The largest absolute Gasteiger partial charge is 0.447 e. The third-order valence-electron chi connectivity index (χ3n) is 4.58. The second-order valence-corrected chi connectivity index (χ2v) is 8.20. The lowest BCUT2D eigenvalue weighted by Gasteiger charge is -2.22. The second-order valence-electron chi connectivity index (χ2n) is 6.59. The van der Waals surface area contributed by atoms with Crippen LogP contribution in [0.5, 0.6) is 0 Å². The molecule has 25 heavy (non-hydrogen) atoms. The summed E-state index contributed by atoms with van der Waals surface area (Å²) in [7, 11) is 2.14. The molecule has 8 heteroatoms. The van der Waals surface area contributed by atoms with E-state index in [1.807, 2.05) is 4.90 Å². The van der Waals surface area contributed by atoms with E-state index in [4.69, 9.17) is 4.74 Å². The Balaban J connectivity index is 1.49. The molecule has 1 atom stereocenters. The predicted octanol–water partition coefficient (Wildman–Crippen LogP) is 3.36. The lowest BCUT2D eigenvalue weighted by molar-refractivity contribution is 0.157. The van der Waals surface area contributed by atoms with Crippen molar-refractivity contribution in [3.63, 3.8) is 0 Å². The summed E-state index contributed by atoms with van der Waals surface area (Å²) in [5.41, 5.74) is 2.34. The van der Waals surface area contributed by atoms with Crippen molar-refractivity contribution in [2.45, 2.75) is 43.7 Å². The minimum absolute atomic E-state index is 0.158. The molecule has 2 aliphatic rings. The molecule has 1 saturated heterocycles. The molecule has 0 aliphatic carbocycles. The van der Waals surface area contributed by atoms with Gasteiger partial charge in [-0.2, -0.15) is 8.75 Å². The number of carbonyl (C=O) groups excluding carboxylic acids is 1. The van der Waals surface area contributed by atoms with Crippen LogP contribution in [-0.4, -0.2) is 69.7 Å². The van der Waals surface area contributed by atoms with Gasteiger partial charge in [0.1, 0.15) is 17.3 Å². The van der Waals surface area contributed by atoms with E-state index >= 15 is 0 Å². The summed E-state index contributed by atoms with van der Waals surface area (Å²) in [6.45, 7) is 5.49. The van der Waals surface area contributed by atoms with Gasteiger partial charge in [-0.15, -0.1) is 11.8 Å². The Hall–Kier alpha value is -1.12. The minimum atomic E-state index is -0.158. The fourth-order valence-electron chi connectivity index (χ4n) is 3.28. The molecular weight excluding hydrogens is 356 g/mol. The second kappa shape index (κ2) is 9.00. The molecule has 0 saturated carbocycles. The molecule has 1 unspecified atom stereocenters. The predicted molar refractivity (Wildman–Crippen MR) is 102 cm³/mol. The highest BCUT2D eigenvalue weighted by Gasteiger charge is 2.31. The molecule has 3 heterocycles. The van der Waals surface area contributed by atoms with Crippen LogP contribution in [0.4, 0.5) is 4.79 Å². The van der Waals surface area contributed by atoms with Crippen molar-refractivity contribution in [2.24, 2.45) is 0 Å². The first-order valence-electron chi connectivity index (χ1n) is 8.95. The first-order chi connectivity index (χ1) is 12.2. The Morgan fingerprint density at radius 2 is 2.32 bits per heavy atom. The van der Waals surface area contributed by atoms with E-state index < -0.39 is 0 Å². The van der Waals surface area contributed by atoms with Crippen LogP contribution in [-0.2, 0) is 4.74 Å². The summed E-state index contributed by atoms with van der Waals surface area (Å²) in [6.07, 6.45) is 6.23. The van der Waals surface area contributed by atoms with E-state index in [0.717, 1.165) is 61.8 Å². The molecule has 138 valence electrons. The van der Waals surface area contributed by atoms with Crippen LogP contribution in [0.3, 0.4) is 0 Å². The summed E-state index contributed by atoms with van der Waals surface area (Å²) >= 11 is 3.03. The van der Waals surface area contributed by atoms with Crippen molar-refractivity contribution in [1.82, 2.24) is 18.5 Å². The molecule has 1 amide bonds. The number of carbonyl (C=O) groups is 1. The molecule has 0 spiro atoms. The molecule has 0 aromatic carbocycles. The van der Waals surface area contributed by atoms with Crippen molar-refractivity contribution in [1.29, 1.82) is 0 Å². The van der Waals surface area contributed by atoms with E-state index in [1.165, 1.54) is 17.3 Å². The third-order valence-corrected chi connectivity index (χ3v) is 6.28. The lowest BCUT2D eigenvalue weighted by atomic mass is 10.1. The van der Waals surface area contributed by atoms with Crippen molar-refractivity contribution in [3.05, 3.63) is 11.8 Å². The Bertz CT molecular complexity index is 620. The molecule has 6 nitrogen and oxygen atoms in total. The van der Waals surface area contributed by atoms with Crippen LogP contribution < -0.4 is 0 Å². The summed E-state index contributed by atoms with van der Waals surface area (Å²) < 4.78 is 14.2. The van der Waals surface area contributed by atoms with Gasteiger partial charge >= 0.3 is 6.09 Å². The fourth-order valence-corrected chi connectivity index (χ4v) is 4.91. The average molecular weight is 383 g/mol. The Morgan fingerprint density at radius 3 is 3.12 bits per heavy atom. The highest BCUT2D eigenvalue weighted by Crippen LogP contribution is 2.29. The van der Waals surface area contributed by atoms with Gasteiger partial charge in [-0.05, 0) is 31.9 Å². The van der Waals surface area contributed by atoms with Gasteiger partial charge in [-0.25, -0.2) is 4.79 Å². The molecule has 2 aliphatic heterocycles. The zero-order chi connectivity index (χ0) is 17.6. The molecule has 0 radical (unpaired) electrons. The van der Waals surface area contributed by atoms with Gasteiger partial charge in [0.05, 0.1) is 17.8 Å². The van der Waals surface area contributed by atoms with E-state index in [0.29, 0.717) is 6.61 Å². The van der Waals surface area contributed by atoms with E-state index in [9.17, 15) is 4.79 Å². The smallest absolute Gasteiger partial charge is 0.410 e. The van der Waals surface area contributed by atoms with Crippen molar-refractivity contribution >= 4 is 35.2 Å². The highest BCUT2D eigenvalue weighted by atomic mass is 32.2. The normalized spacial score (nSPS) is 21.5. The van der Waals surface area contributed by atoms with Gasteiger partial charge in [0, 0.05) is 25.4 Å². The number of ether oxygens (including phenoxy) is 1. The minimum Gasteiger partial charge on any atom is -0.447 e. The topological polar surface area (TPSA) is 58.6 Å². The molecule has 1 aromatic rings. The van der Waals surface area contributed by atoms with Gasteiger partial charge in [-0.1, -0.05) is 19.4 Å². The zero-order valence-electron chi connectivity index (χ0n) is 14.9. The number of nitrogens with zero attached hydrogens (tertiary/aromatic N) is 4. The van der Waals surface area contributed by atoms with Gasteiger partial charge < -0.3 is 14.5 Å². The van der Waals surface area contributed by atoms with Gasteiger partial charge in [-0.3, -0.25) is 0 Å². The Morgan fingerprint density at radius 1 is 1.44 bits per heavy atom. The lowest BCUT2D eigenvalue weighted by Crippen LogP contribution is -2.34. The van der Waals surface area contributed by atoms with Gasteiger partial charge in [0.2, 0.25) is 0 Å². The number of amides is 1. The Kier molecular flexibility index (Phi) is 6.72. The number of rotatable bonds is 8. The van der Waals surface area contributed by atoms with E-state index in [2.05, 4.69) is 33.7 Å². The number of hydrogen-bond acceptors (Lipinski definition) is 7. The van der Waals surface area contributed by atoms with Gasteiger partial charge in [0.25, 0.3) is 0 Å². The molecule has 0 bridgehead atoms. The molecular formula is C17H26N4O2S2. The molecule has 0 N–H and O–H groups in total. The molecule has 1 aromatic heterocycles. The molecule has 1 fully saturated rings. The number of thioether (sulfide) groups is 1. The standard InChI is InChI=1S/C17H26N4O2S2/c1-3-6-14-12-23-17(22)21(14)9-5-10-24-16-15(18-25-19-16)13-7-4-8-20(2)11-13/h7,14H,3-6,8-12H2,1-2H3. The first-order valence-corrected chi connectivity index (χ1v) is 10.7. The average Bonchev–Trinajstić information content (AvgIpc) is 3.20. The maximum Gasteiger partial charge on any atom is 0.410 e. The number of likely N-dealkylation sites (N-methyl/N-ethyl adjacent to an activating group) is 1. The SMILES string of the molecule is CCCC1COC(=O)N1CCCSc1nsnc1C1=CCCN(C)C1. The van der Waals surface area contributed by atoms with Crippen molar-refractivity contribution < 1.29 is 9.53 Å². The van der Waals surface area contributed by atoms with Crippen LogP contribution in [0, 0.1) is 0 Å². The Labute approximate surface area is 157 Å². The summed E-state index contributed by atoms with van der Waals surface area (Å²) in [5.74, 6) is 0.935. The van der Waals surface area contributed by atoms with Crippen LogP contribution in [0.25, 0.3) is 5.57 Å². The number of cyclic esters (lactones) is 1. The summed E-state index contributed by atoms with van der Waals surface area (Å²) in [5, 5.41) is 1.03. The van der Waals surface area contributed by atoms with Crippen molar-refractivity contribution in [3.8, 4) is 0 Å².